The number of fused-ring (bicyclic) bond motifs is 1. The van der Waals surface area contributed by atoms with Crippen LogP contribution in [0.5, 0.6) is 5.75 Å². The Morgan fingerprint density at radius 3 is 2.71 bits per heavy atom. The molecule has 0 N–H and O–H groups in total. The fourth-order valence-electron chi connectivity index (χ4n) is 4.09. The van der Waals surface area contributed by atoms with Gasteiger partial charge < -0.3 is 4.74 Å². The SMILES string of the molecule is CCOc1ccc(S(=O)(=O)N2CCC(N3CCc4sccc4C3)CC2)cc1F. The molecule has 0 bridgehead atoms. The summed E-state index contributed by atoms with van der Waals surface area (Å²) in [5.74, 6) is -0.559. The fourth-order valence-corrected chi connectivity index (χ4v) is 6.47. The van der Waals surface area contributed by atoms with E-state index < -0.39 is 15.8 Å². The van der Waals surface area contributed by atoms with E-state index in [4.69, 9.17) is 4.74 Å². The summed E-state index contributed by atoms with van der Waals surface area (Å²) in [7, 11) is -3.69. The van der Waals surface area contributed by atoms with Crippen molar-refractivity contribution < 1.29 is 17.5 Å². The van der Waals surface area contributed by atoms with Crippen LogP contribution in [0.4, 0.5) is 4.39 Å². The Labute approximate surface area is 169 Å². The first kappa shape index (κ1) is 19.8. The van der Waals surface area contributed by atoms with Crippen LogP contribution >= 0.6 is 11.3 Å². The topological polar surface area (TPSA) is 49.9 Å². The van der Waals surface area contributed by atoms with Crippen molar-refractivity contribution in [2.45, 2.75) is 43.7 Å². The highest BCUT2D eigenvalue weighted by molar-refractivity contribution is 7.89. The van der Waals surface area contributed by atoms with Gasteiger partial charge in [-0.2, -0.15) is 4.31 Å². The Hall–Kier alpha value is -1.48. The van der Waals surface area contributed by atoms with Crippen molar-refractivity contribution in [1.29, 1.82) is 0 Å². The molecule has 8 heteroatoms. The van der Waals surface area contributed by atoms with Gasteiger partial charge in [0.05, 0.1) is 11.5 Å². The zero-order valence-corrected chi connectivity index (χ0v) is 17.6. The largest absolute Gasteiger partial charge is 0.491 e. The van der Waals surface area contributed by atoms with Crippen molar-refractivity contribution in [3.8, 4) is 5.75 Å². The Balaban J connectivity index is 1.41. The van der Waals surface area contributed by atoms with Gasteiger partial charge in [-0.25, -0.2) is 12.8 Å². The minimum absolute atomic E-state index is 0.00668. The molecule has 0 amide bonds. The molecule has 5 nitrogen and oxygen atoms in total. The second-order valence-corrected chi connectivity index (χ2v) is 10.2. The highest BCUT2D eigenvalue weighted by Crippen LogP contribution is 2.30. The molecule has 1 aromatic heterocycles. The van der Waals surface area contributed by atoms with Gasteiger partial charge in [0.15, 0.2) is 11.6 Å². The van der Waals surface area contributed by atoms with E-state index in [1.54, 1.807) is 6.92 Å². The van der Waals surface area contributed by atoms with Gasteiger partial charge in [0.25, 0.3) is 0 Å². The van der Waals surface area contributed by atoms with Crippen molar-refractivity contribution >= 4 is 21.4 Å². The van der Waals surface area contributed by atoms with E-state index in [9.17, 15) is 12.8 Å². The van der Waals surface area contributed by atoms with Gasteiger partial charge in [-0.05, 0) is 61.4 Å². The minimum Gasteiger partial charge on any atom is -0.491 e. The van der Waals surface area contributed by atoms with Crippen LogP contribution in [0, 0.1) is 5.82 Å². The quantitative estimate of drug-likeness (QED) is 0.737. The number of nitrogens with zero attached hydrogens (tertiary/aromatic N) is 2. The lowest BCUT2D eigenvalue weighted by Gasteiger charge is -2.39. The Morgan fingerprint density at radius 1 is 1.21 bits per heavy atom. The third-order valence-corrected chi connectivity index (χ3v) is 8.54. The monoisotopic (exact) mass is 424 g/mol. The fraction of sp³-hybridized carbons (Fsp3) is 0.500. The molecule has 3 heterocycles. The third-order valence-electron chi connectivity index (χ3n) is 5.62. The number of rotatable bonds is 5. The molecular formula is C20H25FN2O3S2. The van der Waals surface area contributed by atoms with Crippen LogP contribution in [-0.2, 0) is 23.0 Å². The Bertz CT molecular complexity index is 937. The molecule has 0 saturated carbocycles. The Morgan fingerprint density at radius 2 is 2.00 bits per heavy atom. The van der Waals surface area contributed by atoms with Crippen molar-refractivity contribution in [3.63, 3.8) is 0 Å². The highest BCUT2D eigenvalue weighted by atomic mass is 32.2. The van der Waals surface area contributed by atoms with E-state index >= 15 is 0 Å². The predicted octanol–water partition coefficient (Wildman–Crippen LogP) is 3.50. The van der Waals surface area contributed by atoms with Crippen LogP contribution in [0.25, 0.3) is 0 Å². The lowest BCUT2D eigenvalue weighted by Crippen LogP contribution is -2.47. The minimum atomic E-state index is -3.69. The summed E-state index contributed by atoms with van der Waals surface area (Å²) in [5, 5.41) is 2.15. The second-order valence-electron chi connectivity index (χ2n) is 7.25. The zero-order valence-electron chi connectivity index (χ0n) is 15.9. The maximum Gasteiger partial charge on any atom is 0.243 e. The number of benzene rings is 1. The van der Waals surface area contributed by atoms with Crippen molar-refractivity contribution in [2.24, 2.45) is 0 Å². The molecule has 0 spiro atoms. The maximum atomic E-state index is 14.1. The number of halogens is 1. The molecular weight excluding hydrogens is 399 g/mol. The van der Waals surface area contributed by atoms with Gasteiger partial charge in [-0.3, -0.25) is 4.90 Å². The lowest BCUT2D eigenvalue weighted by molar-refractivity contribution is 0.127. The molecule has 152 valence electrons. The smallest absolute Gasteiger partial charge is 0.243 e. The molecule has 1 fully saturated rings. The number of ether oxygens (including phenoxy) is 1. The summed E-state index contributed by atoms with van der Waals surface area (Å²) in [5.41, 5.74) is 1.41. The second kappa shape index (κ2) is 8.10. The van der Waals surface area contributed by atoms with E-state index in [1.807, 2.05) is 11.3 Å². The molecule has 0 unspecified atom stereocenters. The summed E-state index contributed by atoms with van der Waals surface area (Å²) in [6, 6.07) is 6.49. The van der Waals surface area contributed by atoms with Gasteiger partial charge >= 0.3 is 0 Å². The lowest BCUT2D eigenvalue weighted by atomic mass is 10.0. The Kier molecular flexibility index (Phi) is 5.73. The van der Waals surface area contributed by atoms with Crippen LogP contribution in [0.2, 0.25) is 0 Å². The van der Waals surface area contributed by atoms with E-state index in [0.29, 0.717) is 25.7 Å². The van der Waals surface area contributed by atoms with Crippen LogP contribution in [-0.4, -0.2) is 49.9 Å². The van der Waals surface area contributed by atoms with Crippen molar-refractivity contribution in [1.82, 2.24) is 9.21 Å². The average molecular weight is 425 g/mol. The van der Waals surface area contributed by atoms with Gasteiger partial charge in [-0.15, -0.1) is 11.3 Å². The van der Waals surface area contributed by atoms with Gasteiger partial charge in [-0.1, -0.05) is 0 Å². The zero-order chi connectivity index (χ0) is 19.7. The predicted molar refractivity (Wildman–Crippen MR) is 108 cm³/mol. The molecule has 2 aliphatic heterocycles. The van der Waals surface area contributed by atoms with E-state index in [0.717, 1.165) is 38.4 Å². The average Bonchev–Trinajstić information content (AvgIpc) is 3.17. The molecule has 0 aliphatic carbocycles. The molecule has 28 heavy (non-hydrogen) atoms. The normalized spacial score (nSPS) is 19.5. The molecule has 0 radical (unpaired) electrons. The summed E-state index contributed by atoms with van der Waals surface area (Å²) >= 11 is 1.83. The molecule has 1 saturated heterocycles. The number of piperidine rings is 1. The first-order chi connectivity index (χ1) is 13.5. The summed E-state index contributed by atoms with van der Waals surface area (Å²) < 4.78 is 46.6. The van der Waals surface area contributed by atoms with Crippen molar-refractivity contribution in [2.75, 3.05) is 26.2 Å². The maximum absolute atomic E-state index is 14.1. The number of thiophene rings is 1. The standard InChI is InChI=1S/C20H25FN2O3S2/c1-2-26-19-4-3-17(13-18(19)21)28(24,25)23-10-5-16(6-11-23)22-9-7-20-15(14-22)8-12-27-20/h3-4,8,12-13,16H,2,5-7,9-11,14H2,1H3. The first-order valence-electron chi connectivity index (χ1n) is 9.71. The highest BCUT2D eigenvalue weighted by Gasteiger charge is 2.33. The van der Waals surface area contributed by atoms with E-state index in [-0.39, 0.29) is 10.6 Å². The van der Waals surface area contributed by atoms with Crippen LogP contribution < -0.4 is 4.74 Å². The summed E-state index contributed by atoms with van der Waals surface area (Å²) in [6.45, 7) is 5.02. The van der Waals surface area contributed by atoms with Crippen LogP contribution in [0.1, 0.15) is 30.2 Å². The van der Waals surface area contributed by atoms with Crippen molar-refractivity contribution in [3.05, 3.63) is 45.9 Å². The number of hydrogen-bond donors (Lipinski definition) is 0. The molecule has 4 rings (SSSR count). The summed E-state index contributed by atoms with van der Waals surface area (Å²) in [4.78, 5) is 3.96. The van der Waals surface area contributed by atoms with Gasteiger partial charge in [0, 0.05) is 37.1 Å². The molecule has 2 aromatic rings. The van der Waals surface area contributed by atoms with E-state index in [2.05, 4.69) is 16.3 Å². The third kappa shape index (κ3) is 3.83. The number of hydrogen-bond acceptors (Lipinski definition) is 5. The number of sulfonamides is 1. The first-order valence-corrected chi connectivity index (χ1v) is 12.0. The van der Waals surface area contributed by atoms with E-state index in [1.165, 1.54) is 26.9 Å². The summed E-state index contributed by atoms with van der Waals surface area (Å²) in [6.07, 6.45) is 2.69. The van der Waals surface area contributed by atoms with Gasteiger partial charge in [0.2, 0.25) is 10.0 Å². The molecule has 1 aromatic carbocycles. The molecule has 2 aliphatic rings. The molecule has 0 atom stereocenters. The van der Waals surface area contributed by atoms with Crippen LogP contribution in [0.15, 0.2) is 34.5 Å². The van der Waals surface area contributed by atoms with Crippen LogP contribution in [0.3, 0.4) is 0 Å². The van der Waals surface area contributed by atoms with Gasteiger partial charge in [0.1, 0.15) is 0 Å².